The fraction of sp³-hybridized carbons (Fsp3) is 0.920. The highest BCUT2D eigenvalue weighted by Crippen LogP contribution is 2.23. The van der Waals surface area contributed by atoms with Crippen molar-refractivity contribution in [2.24, 2.45) is 0 Å². The van der Waals surface area contributed by atoms with Gasteiger partial charge in [-0.15, -0.1) is 0 Å². The predicted molar refractivity (Wildman–Crippen MR) is 122 cm³/mol. The summed E-state index contributed by atoms with van der Waals surface area (Å²) < 4.78 is 0. The second kappa shape index (κ2) is 17.4. The molecule has 1 rings (SSSR count). The van der Waals surface area contributed by atoms with Crippen molar-refractivity contribution >= 4 is 0 Å². The van der Waals surface area contributed by atoms with E-state index in [9.17, 15) is 0 Å². The Morgan fingerprint density at radius 3 is 1.26 bits per heavy atom. The molecule has 160 valence electrons. The minimum atomic E-state index is 0.645. The first-order valence-electron chi connectivity index (χ1n) is 12.5. The van der Waals surface area contributed by atoms with Crippen LogP contribution in [0, 0.1) is 0 Å². The van der Waals surface area contributed by atoms with Gasteiger partial charge in [0.25, 0.3) is 0 Å². The van der Waals surface area contributed by atoms with Crippen LogP contribution >= 0.6 is 0 Å². The van der Waals surface area contributed by atoms with Crippen LogP contribution < -0.4 is 0 Å². The fourth-order valence-corrected chi connectivity index (χ4v) is 4.19. The minimum Gasteiger partial charge on any atom is -0.356 e. The molecule has 1 aliphatic rings. The summed E-state index contributed by atoms with van der Waals surface area (Å²) >= 11 is 0. The van der Waals surface area contributed by atoms with Crippen LogP contribution in [-0.2, 0) is 0 Å². The molecular weight excluding hydrogens is 328 g/mol. The van der Waals surface area contributed by atoms with Crippen molar-refractivity contribution in [2.45, 2.75) is 136 Å². The molecule has 0 N–H and O–H groups in total. The van der Waals surface area contributed by atoms with Gasteiger partial charge in [-0.05, 0) is 25.7 Å². The molecular formula is C25H50N2. The zero-order chi connectivity index (χ0) is 19.6. The second-order valence-corrected chi connectivity index (χ2v) is 8.64. The zero-order valence-electron chi connectivity index (χ0n) is 19.1. The molecule has 2 nitrogen and oxygen atoms in total. The van der Waals surface area contributed by atoms with Crippen LogP contribution in [0.5, 0.6) is 0 Å². The standard InChI is InChI=1S/C25H50N2/c1-4-7-10-11-12-13-14-15-16-17-18-19-20-25-26(21-8-5-2)23-24-27(25)22-9-6-3/h23-25H,4-22H2,1-3H3. The van der Waals surface area contributed by atoms with E-state index in [0.717, 1.165) is 0 Å². The Kier molecular flexibility index (Phi) is 15.7. The molecule has 0 radical (unpaired) electrons. The number of hydrogen-bond acceptors (Lipinski definition) is 2. The Balaban J connectivity index is 2.06. The normalized spacial score (nSPS) is 14.6. The van der Waals surface area contributed by atoms with Crippen molar-refractivity contribution in [1.82, 2.24) is 9.80 Å². The summed E-state index contributed by atoms with van der Waals surface area (Å²) in [7, 11) is 0. The highest BCUT2D eigenvalue weighted by atomic mass is 15.4. The summed E-state index contributed by atoms with van der Waals surface area (Å²) in [5.74, 6) is 0. The first kappa shape index (κ1) is 24.4. The number of rotatable bonds is 19. The van der Waals surface area contributed by atoms with Gasteiger partial charge in [-0.1, -0.05) is 104 Å². The topological polar surface area (TPSA) is 6.48 Å². The molecule has 0 aromatic heterocycles. The van der Waals surface area contributed by atoms with Crippen LogP contribution in [0.25, 0.3) is 0 Å². The van der Waals surface area contributed by atoms with E-state index in [0.29, 0.717) is 6.17 Å². The molecule has 0 atom stereocenters. The van der Waals surface area contributed by atoms with Crippen molar-refractivity contribution in [1.29, 1.82) is 0 Å². The lowest BCUT2D eigenvalue weighted by Gasteiger charge is -2.33. The predicted octanol–water partition coefficient (Wildman–Crippen LogP) is 8.09. The lowest BCUT2D eigenvalue weighted by atomic mass is 10.0. The van der Waals surface area contributed by atoms with Crippen molar-refractivity contribution in [3.63, 3.8) is 0 Å². The molecule has 1 heterocycles. The van der Waals surface area contributed by atoms with Gasteiger partial charge in [0, 0.05) is 25.5 Å². The minimum absolute atomic E-state index is 0.645. The molecule has 0 amide bonds. The quantitative estimate of drug-likeness (QED) is 0.209. The highest BCUT2D eigenvalue weighted by molar-refractivity contribution is 4.96. The third kappa shape index (κ3) is 11.7. The molecule has 27 heavy (non-hydrogen) atoms. The lowest BCUT2D eigenvalue weighted by Crippen LogP contribution is -2.39. The molecule has 0 aliphatic carbocycles. The van der Waals surface area contributed by atoms with Gasteiger partial charge in [-0.3, -0.25) is 0 Å². The molecule has 0 saturated heterocycles. The summed E-state index contributed by atoms with van der Waals surface area (Å²) in [5, 5.41) is 0. The molecule has 0 unspecified atom stereocenters. The smallest absolute Gasteiger partial charge is 0.101 e. The number of hydrogen-bond donors (Lipinski definition) is 0. The molecule has 0 spiro atoms. The maximum Gasteiger partial charge on any atom is 0.101 e. The molecule has 0 aromatic carbocycles. The average Bonchev–Trinajstić information content (AvgIpc) is 3.07. The zero-order valence-corrected chi connectivity index (χ0v) is 19.1. The van der Waals surface area contributed by atoms with E-state index in [1.807, 2.05) is 0 Å². The van der Waals surface area contributed by atoms with Gasteiger partial charge in [0.1, 0.15) is 6.17 Å². The van der Waals surface area contributed by atoms with Crippen molar-refractivity contribution in [3.8, 4) is 0 Å². The van der Waals surface area contributed by atoms with Gasteiger partial charge in [0.15, 0.2) is 0 Å². The number of nitrogens with zero attached hydrogens (tertiary/aromatic N) is 2. The molecule has 0 bridgehead atoms. The van der Waals surface area contributed by atoms with E-state index >= 15 is 0 Å². The Morgan fingerprint density at radius 1 is 0.481 bits per heavy atom. The summed E-state index contributed by atoms with van der Waals surface area (Å²) in [6.45, 7) is 9.37. The SMILES string of the molecule is CCCCCCCCCCCCCCC1N(CCCC)C=CN1CCCC. The first-order valence-corrected chi connectivity index (χ1v) is 12.5. The summed E-state index contributed by atoms with van der Waals surface area (Å²) in [5.41, 5.74) is 0. The van der Waals surface area contributed by atoms with Gasteiger partial charge in [-0.2, -0.15) is 0 Å². The van der Waals surface area contributed by atoms with Crippen molar-refractivity contribution < 1.29 is 0 Å². The highest BCUT2D eigenvalue weighted by Gasteiger charge is 2.24. The average molecular weight is 379 g/mol. The van der Waals surface area contributed by atoms with Crippen molar-refractivity contribution in [3.05, 3.63) is 12.4 Å². The van der Waals surface area contributed by atoms with Gasteiger partial charge in [-0.25, -0.2) is 0 Å². The Hall–Kier alpha value is -0.660. The third-order valence-corrected chi connectivity index (χ3v) is 6.07. The van der Waals surface area contributed by atoms with Crippen molar-refractivity contribution in [2.75, 3.05) is 13.1 Å². The summed E-state index contributed by atoms with van der Waals surface area (Å²) in [6.07, 6.45) is 29.2. The van der Waals surface area contributed by atoms with E-state index in [2.05, 4.69) is 43.0 Å². The Labute approximate surface area is 171 Å². The molecule has 0 fully saturated rings. The van der Waals surface area contributed by atoms with Crippen LogP contribution in [0.2, 0.25) is 0 Å². The van der Waals surface area contributed by atoms with Gasteiger partial charge >= 0.3 is 0 Å². The fourth-order valence-electron chi connectivity index (χ4n) is 4.19. The molecule has 1 aliphatic heterocycles. The maximum absolute atomic E-state index is 2.61. The molecule has 2 heteroatoms. The summed E-state index contributed by atoms with van der Waals surface area (Å²) in [6, 6.07) is 0. The Bertz CT molecular complexity index is 321. The van der Waals surface area contributed by atoms with Crippen LogP contribution in [0.4, 0.5) is 0 Å². The van der Waals surface area contributed by atoms with E-state index < -0.39 is 0 Å². The lowest BCUT2D eigenvalue weighted by molar-refractivity contribution is 0.136. The van der Waals surface area contributed by atoms with E-state index in [4.69, 9.17) is 0 Å². The Morgan fingerprint density at radius 2 is 0.852 bits per heavy atom. The van der Waals surface area contributed by atoms with Crippen LogP contribution in [0.3, 0.4) is 0 Å². The second-order valence-electron chi connectivity index (χ2n) is 8.64. The van der Waals surface area contributed by atoms with E-state index in [1.54, 1.807) is 0 Å². The monoisotopic (exact) mass is 378 g/mol. The third-order valence-electron chi connectivity index (χ3n) is 6.07. The van der Waals surface area contributed by atoms with E-state index in [-0.39, 0.29) is 0 Å². The van der Waals surface area contributed by atoms with Crippen LogP contribution in [-0.4, -0.2) is 29.1 Å². The van der Waals surface area contributed by atoms with E-state index in [1.165, 1.54) is 122 Å². The van der Waals surface area contributed by atoms with Crippen LogP contribution in [0.1, 0.15) is 130 Å². The van der Waals surface area contributed by atoms with Gasteiger partial charge < -0.3 is 9.80 Å². The van der Waals surface area contributed by atoms with Gasteiger partial charge in [0.2, 0.25) is 0 Å². The summed E-state index contributed by atoms with van der Waals surface area (Å²) in [4.78, 5) is 5.22. The number of unbranched alkanes of at least 4 members (excludes halogenated alkanes) is 13. The molecule has 0 saturated carbocycles. The molecule has 0 aromatic rings. The van der Waals surface area contributed by atoms with Gasteiger partial charge in [0.05, 0.1) is 0 Å². The largest absolute Gasteiger partial charge is 0.356 e. The van der Waals surface area contributed by atoms with Crippen LogP contribution in [0.15, 0.2) is 12.4 Å². The maximum atomic E-state index is 2.61. The first-order chi connectivity index (χ1) is 13.3.